The van der Waals surface area contributed by atoms with Gasteiger partial charge in [0.1, 0.15) is 5.82 Å². The summed E-state index contributed by atoms with van der Waals surface area (Å²) in [5.74, 6) is -0.0881. The zero-order valence-electron chi connectivity index (χ0n) is 17.7. The minimum absolute atomic E-state index is 0.160. The van der Waals surface area contributed by atoms with E-state index in [0.29, 0.717) is 24.3 Å². The van der Waals surface area contributed by atoms with Crippen molar-refractivity contribution in [2.45, 2.75) is 76.8 Å². The van der Waals surface area contributed by atoms with Gasteiger partial charge in [0, 0.05) is 37.4 Å². The molecular weight excluding hydrogens is 365 g/mol. The fourth-order valence-corrected chi connectivity index (χ4v) is 6.40. The Morgan fingerprint density at radius 1 is 1.00 bits per heavy atom. The number of carbonyl (C=O) groups is 1. The third-order valence-electron chi connectivity index (χ3n) is 8.15. The van der Waals surface area contributed by atoms with Gasteiger partial charge in [-0.2, -0.15) is 0 Å². The van der Waals surface area contributed by atoms with Crippen molar-refractivity contribution < 1.29 is 9.18 Å². The van der Waals surface area contributed by atoms with Crippen molar-refractivity contribution in [2.75, 3.05) is 36.0 Å². The summed E-state index contributed by atoms with van der Waals surface area (Å²) in [4.78, 5) is 19.8. The molecule has 2 atom stereocenters. The molecule has 0 aromatic heterocycles. The zero-order chi connectivity index (χ0) is 20.0. The van der Waals surface area contributed by atoms with Crippen LogP contribution in [0.25, 0.3) is 0 Å². The molecule has 4 nitrogen and oxygen atoms in total. The lowest BCUT2D eigenvalue weighted by molar-refractivity contribution is -0.127. The molecule has 0 N–H and O–H groups in total. The average molecular weight is 400 g/mol. The highest BCUT2D eigenvalue weighted by molar-refractivity contribution is 6.00. The Hall–Kier alpha value is -1.62. The molecule has 1 saturated carbocycles. The van der Waals surface area contributed by atoms with Crippen molar-refractivity contribution in [3.63, 3.8) is 0 Å². The van der Waals surface area contributed by atoms with E-state index in [1.54, 1.807) is 11.0 Å². The molecule has 4 aliphatic rings. The Bertz CT molecular complexity index is 775. The number of anilines is 2. The first-order valence-corrected chi connectivity index (χ1v) is 11.7. The van der Waals surface area contributed by atoms with Crippen molar-refractivity contribution >= 4 is 17.3 Å². The summed E-state index contributed by atoms with van der Waals surface area (Å²) in [5, 5.41) is 0. The van der Waals surface area contributed by atoms with E-state index in [1.165, 1.54) is 25.8 Å². The van der Waals surface area contributed by atoms with Crippen LogP contribution in [0.1, 0.15) is 64.7 Å². The van der Waals surface area contributed by atoms with Crippen LogP contribution in [0.3, 0.4) is 0 Å². The average Bonchev–Trinajstić information content (AvgIpc) is 3.44. The van der Waals surface area contributed by atoms with E-state index < -0.39 is 0 Å². The van der Waals surface area contributed by atoms with Gasteiger partial charge in [-0.25, -0.2) is 4.39 Å². The fraction of sp³-hybridized carbons (Fsp3) is 0.708. The van der Waals surface area contributed by atoms with Gasteiger partial charge in [0.25, 0.3) is 0 Å². The number of amides is 1. The Morgan fingerprint density at radius 2 is 1.83 bits per heavy atom. The molecule has 1 amide bonds. The Morgan fingerprint density at radius 3 is 2.55 bits per heavy atom. The number of benzene rings is 1. The molecular formula is C24H34FN3O. The molecule has 0 bridgehead atoms. The van der Waals surface area contributed by atoms with E-state index in [0.717, 1.165) is 57.3 Å². The molecule has 1 spiro atoms. The Labute approximate surface area is 174 Å². The van der Waals surface area contributed by atoms with Crippen LogP contribution in [0.5, 0.6) is 0 Å². The zero-order valence-corrected chi connectivity index (χ0v) is 17.7. The molecule has 0 radical (unpaired) electrons. The number of nitrogens with zero attached hydrogens (tertiary/aromatic N) is 3. The third-order valence-corrected chi connectivity index (χ3v) is 8.15. The van der Waals surface area contributed by atoms with Crippen LogP contribution in [-0.4, -0.2) is 49.1 Å². The van der Waals surface area contributed by atoms with E-state index in [4.69, 9.17) is 0 Å². The van der Waals surface area contributed by atoms with Gasteiger partial charge in [-0.05, 0) is 70.2 Å². The second kappa shape index (κ2) is 7.57. The van der Waals surface area contributed by atoms with Crippen molar-refractivity contribution in [3.8, 4) is 0 Å². The minimum Gasteiger partial charge on any atom is -0.370 e. The Balaban J connectivity index is 1.29. The van der Waals surface area contributed by atoms with Crippen LogP contribution in [0.4, 0.5) is 15.8 Å². The number of carbonyl (C=O) groups excluding carboxylic acids is 1. The summed E-state index contributed by atoms with van der Waals surface area (Å²) in [6.45, 7) is 6.16. The van der Waals surface area contributed by atoms with E-state index in [9.17, 15) is 4.79 Å². The molecule has 5 heteroatoms. The van der Waals surface area contributed by atoms with Crippen LogP contribution in [0.15, 0.2) is 18.2 Å². The summed E-state index contributed by atoms with van der Waals surface area (Å²) in [6.07, 6.45) is 10.1. The molecule has 1 aromatic carbocycles. The SMILES string of the molecule is CC1CCCN1C1CCN(c2ccc(N3CCC4(CCCCC4)C3=O)c(F)c2)C1. The summed E-state index contributed by atoms with van der Waals surface area (Å²) >= 11 is 0. The Kier molecular flexibility index (Phi) is 5.05. The van der Waals surface area contributed by atoms with Crippen molar-refractivity contribution in [3.05, 3.63) is 24.0 Å². The highest BCUT2D eigenvalue weighted by atomic mass is 19.1. The van der Waals surface area contributed by atoms with Gasteiger partial charge in [0.2, 0.25) is 5.91 Å². The number of likely N-dealkylation sites (tertiary alicyclic amines) is 1. The molecule has 1 aromatic rings. The van der Waals surface area contributed by atoms with Gasteiger partial charge in [-0.3, -0.25) is 9.69 Å². The molecule has 4 fully saturated rings. The largest absolute Gasteiger partial charge is 0.370 e. The summed E-state index contributed by atoms with van der Waals surface area (Å²) in [6, 6.07) is 6.78. The van der Waals surface area contributed by atoms with E-state index >= 15 is 4.39 Å². The molecule has 5 rings (SSSR count). The van der Waals surface area contributed by atoms with Gasteiger partial charge in [-0.15, -0.1) is 0 Å². The standard InChI is InChI=1S/C24H34FN3O/c1-18-6-5-13-27(18)20-9-14-26(17-20)19-7-8-22(21(25)16-19)28-15-12-24(23(28)29)10-3-2-4-11-24/h7-8,16,18,20H,2-6,9-15,17H2,1H3. The van der Waals surface area contributed by atoms with E-state index in [1.807, 2.05) is 12.1 Å². The first kappa shape index (κ1) is 19.3. The van der Waals surface area contributed by atoms with Gasteiger partial charge in [-0.1, -0.05) is 19.3 Å². The van der Waals surface area contributed by atoms with Crippen molar-refractivity contribution in [2.24, 2.45) is 5.41 Å². The summed E-state index contributed by atoms with van der Waals surface area (Å²) < 4.78 is 15.1. The van der Waals surface area contributed by atoms with Gasteiger partial charge in [0.05, 0.1) is 11.1 Å². The molecule has 3 aliphatic heterocycles. The third kappa shape index (κ3) is 3.35. The lowest BCUT2D eigenvalue weighted by Gasteiger charge is -2.31. The second-order valence-electron chi connectivity index (χ2n) is 9.80. The van der Waals surface area contributed by atoms with Crippen LogP contribution in [0.2, 0.25) is 0 Å². The number of halogens is 1. The van der Waals surface area contributed by atoms with Gasteiger partial charge < -0.3 is 9.80 Å². The maximum absolute atomic E-state index is 15.1. The van der Waals surface area contributed by atoms with E-state index in [2.05, 4.69) is 16.7 Å². The van der Waals surface area contributed by atoms with Crippen molar-refractivity contribution in [1.29, 1.82) is 0 Å². The maximum Gasteiger partial charge on any atom is 0.233 e. The van der Waals surface area contributed by atoms with Crippen LogP contribution >= 0.6 is 0 Å². The summed E-state index contributed by atoms with van der Waals surface area (Å²) in [5.41, 5.74) is 1.22. The predicted octanol–water partition coefficient (Wildman–Crippen LogP) is 4.58. The summed E-state index contributed by atoms with van der Waals surface area (Å²) in [7, 11) is 0. The smallest absolute Gasteiger partial charge is 0.233 e. The van der Waals surface area contributed by atoms with Gasteiger partial charge in [0.15, 0.2) is 0 Å². The quantitative estimate of drug-likeness (QED) is 0.745. The second-order valence-corrected chi connectivity index (χ2v) is 9.80. The monoisotopic (exact) mass is 399 g/mol. The molecule has 1 aliphatic carbocycles. The topological polar surface area (TPSA) is 26.8 Å². The van der Waals surface area contributed by atoms with Crippen LogP contribution < -0.4 is 9.80 Å². The highest BCUT2D eigenvalue weighted by Gasteiger charge is 2.47. The van der Waals surface area contributed by atoms with Crippen LogP contribution in [0, 0.1) is 11.2 Å². The first-order chi connectivity index (χ1) is 14.1. The highest BCUT2D eigenvalue weighted by Crippen LogP contribution is 2.46. The normalized spacial score (nSPS) is 30.1. The molecule has 3 saturated heterocycles. The number of hydrogen-bond donors (Lipinski definition) is 0. The van der Waals surface area contributed by atoms with Crippen LogP contribution in [-0.2, 0) is 4.79 Å². The number of rotatable bonds is 3. The van der Waals surface area contributed by atoms with Gasteiger partial charge >= 0.3 is 0 Å². The lowest BCUT2D eigenvalue weighted by Crippen LogP contribution is -2.39. The van der Waals surface area contributed by atoms with Crippen molar-refractivity contribution in [1.82, 2.24) is 4.90 Å². The molecule has 2 unspecified atom stereocenters. The fourth-order valence-electron chi connectivity index (χ4n) is 6.40. The lowest BCUT2D eigenvalue weighted by atomic mass is 9.73. The maximum atomic E-state index is 15.1. The molecule has 158 valence electrons. The van der Waals surface area contributed by atoms with E-state index in [-0.39, 0.29) is 17.1 Å². The number of hydrogen-bond acceptors (Lipinski definition) is 3. The minimum atomic E-state index is -0.248. The first-order valence-electron chi connectivity index (χ1n) is 11.7. The molecule has 3 heterocycles. The molecule has 29 heavy (non-hydrogen) atoms. The predicted molar refractivity (Wildman–Crippen MR) is 115 cm³/mol.